The minimum Gasteiger partial charge on any atom is -0.370 e. The van der Waals surface area contributed by atoms with E-state index in [1.165, 1.54) is 77.7 Å². The summed E-state index contributed by atoms with van der Waals surface area (Å²) in [6.07, 6.45) is 22.5. The van der Waals surface area contributed by atoms with E-state index >= 15 is 0 Å². The first-order valence-electron chi connectivity index (χ1n) is 11.5. The van der Waals surface area contributed by atoms with Crippen molar-refractivity contribution in [1.82, 2.24) is 0 Å². The van der Waals surface area contributed by atoms with Crippen LogP contribution < -0.4 is 11.5 Å². The Labute approximate surface area is 186 Å². The van der Waals surface area contributed by atoms with Gasteiger partial charge in [0.15, 0.2) is 0 Å². The second-order valence-corrected chi connectivity index (χ2v) is 8.14. The van der Waals surface area contributed by atoms with Crippen molar-refractivity contribution < 1.29 is 21.9 Å². The van der Waals surface area contributed by atoms with E-state index in [4.69, 9.17) is 10.3 Å². The van der Waals surface area contributed by atoms with E-state index in [-0.39, 0.29) is 12.5 Å². The predicted molar refractivity (Wildman–Crippen MR) is 127 cm³/mol. The van der Waals surface area contributed by atoms with Crippen molar-refractivity contribution in [2.75, 3.05) is 13.7 Å². The van der Waals surface area contributed by atoms with Gasteiger partial charge in [0.2, 0.25) is 5.91 Å². The molecule has 0 aromatic carbocycles. The van der Waals surface area contributed by atoms with Crippen molar-refractivity contribution in [1.29, 1.82) is 0 Å². The normalized spacial score (nSPS) is 10.8. The number of carbonyl (C=O) groups is 1. The van der Waals surface area contributed by atoms with Gasteiger partial charge in [-0.15, -0.1) is 0 Å². The van der Waals surface area contributed by atoms with Gasteiger partial charge in [-0.25, -0.2) is 4.18 Å². The molecule has 0 aromatic rings. The van der Waals surface area contributed by atoms with E-state index < -0.39 is 10.4 Å². The third kappa shape index (κ3) is 41.4. The monoisotopic (exact) mass is 452 g/mol. The van der Waals surface area contributed by atoms with Gasteiger partial charge in [-0.2, -0.15) is 8.42 Å². The molecule has 8 heteroatoms. The van der Waals surface area contributed by atoms with Crippen molar-refractivity contribution in [2.24, 2.45) is 11.5 Å². The van der Waals surface area contributed by atoms with Gasteiger partial charge >= 0.3 is 10.4 Å². The van der Waals surface area contributed by atoms with Gasteiger partial charge in [-0.3, -0.25) is 9.35 Å². The first kappa shape index (κ1) is 33.7. The maximum Gasteiger partial charge on any atom is 0.397 e. The van der Waals surface area contributed by atoms with Crippen LogP contribution in [0.4, 0.5) is 0 Å². The van der Waals surface area contributed by atoms with Crippen LogP contribution in [0.15, 0.2) is 12.2 Å². The molecule has 5 N–H and O–H groups in total. The summed E-state index contributed by atoms with van der Waals surface area (Å²) in [6.45, 7) is 4.05. The van der Waals surface area contributed by atoms with Crippen molar-refractivity contribution in [3.8, 4) is 0 Å². The smallest absolute Gasteiger partial charge is 0.370 e. The van der Waals surface area contributed by atoms with Gasteiger partial charge in [0.25, 0.3) is 0 Å². The molecule has 0 saturated carbocycles. The summed E-state index contributed by atoms with van der Waals surface area (Å²) in [5.74, 6) is -0.164. The fourth-order valence-electron chi connectivity index (χ4n) is 2.56. The Morgan fingerprint density at radius 3 is 1.60 bits per heavy atom. The number of primary amides is 1. The molecule has 7 nitrogen and oxygen atoms in total. The zero-order chi connectivity index (χ0) is 23.5. The molecule has 0 spiro atoms. The number of hydrogen-bond donors (Lipinski definition) is 3. The first-order chi connectivity index (χ1) is 14.3. The van der Waals surface area contributed by atoms with Gasteiger partial charge in [0.05, 0.1) is 6.61 Å². The van der Waals surface area contributed by atoms with Gasteiger partial charge in [-0.05, 0) is 45.6 Å². The van der Waals surface area contributed by atoms with Crippen molar-refractivity contribution >= 4 is 16.3 Å². The number of unbranched alkanes of at least 4 members (excludes halogenated alkanes) is 11. The second-order valence-electron chi connectivity index (χ2n) is 7.05. The quantitative estimate of drug-likeness (QED) is 0.147. The molecular formula is C22H48N2O5S. The maximum absolute atomic E-state index is 10.5. The number of carbonyl (C=O) groups excluding carboxylic acids is 1. The summed E-state index contributed by atoms with van der Waals surface area (Å²) in [5.41, 5.74) is 9.60. The standard InChI is InChI=1S/C18H35NO.C3H8O4S.CH5N/c1-2-3-4-5-6-7-8-9-10-11-12-13-14-15-16-17-18(19)20;1-2-3-7-8(4,5)6;1-2/h9-10H,2-8,11-17H2,1H3,(H2,19,20);2-3H2,1H3,(H,4,5,6);2H2,1H3/b10-9-;;. The summed E-state index contributed by atoms with van der Waals surface area (Å²) in [6, 6.07) is 0. The number of rotatable bonds is 18. The lowest BCUT2D eigenvalue weighted by atomic mass is 10.1. The summed E-state index contributed by atoms with van der Waals surface area (Å²) < 4.78 is 31.3. The van der Waals surface area contributed by atoms with Gasteiger partial charge in [-0.1, -0.05) is 77.4 Å². The fraction of sp³-hybridized carbons (Fsp3) is 0.864. The molecule has 0 saturated heterocycles. The number of allylic oxidation sites excluding steroid dienone is 2. The zero-order valence-electron chi connectivity index (χ0n) is 19.6. The van der Waals surface area contributed by atoms with Crippen LogP contribution in [0.5, 0.6) is 0 Å². The third-order valence-corrected chi connectivity index (χ3v) is 4.59. The minimum absolute atomic E-state index is 0.0405. The topological polar surface area (TPSA) is 133 Å². The minimum atomic E-state index is -4.19. The fourth-order valence-corrected chi connectivity index (χ4v) is 2.94. The van der Waals surface area contributed by atoms with Crippen LogP contribution in [0.3, 0.4) is 0 Å². The van der Waals surface area contributed by atoms with E-state index in [2.05, 4.69) is 29.0 Å². The molecule has 0 aromatic heterocycles. The molecule has 0 radical (unpaired) electrons. The Morgan fingerprint density at radius 1 is 0.800 bits per heavy atom. The Morgan fingerprint density at radius 2 is 1.23 bits per heavy atom. The molecular weight excluding hydrogens is 404 g/mol. The van der Waals surface area contributed by atoms with E-state index in [1.54, 1.807) is 6.92 Å². The lowest BCUT2D eigenvalue weighted by Crippen LogP contribution is -2.09. The molecule has 30 heavy (non-hydrogen) atoms. The highest BCUT2D eigenvalue weighted by molar-refractivity contribution is 7.80. The molecule has 0 aliphatic rings. The molecule has 0 rings (SSSR count). The summed E-state index contributed by atoms with van der Waals surface area (Å²) in [4.78, 5) is 10.5. The SMILES string of the molecule is CCCCCCCC/C=C\CCCCCCCC(N)=O.CCCOS(=O)(=O)O.CN. The summed E-state index contributed by atoms with van der Waals surface area (Å²) >= 11 is 0. The maximum atomic E-state index is 10.5. The van der Waals surface area contributed by atoms with Crippen LogP contribution in [0.2, 0.25) is 0 Å². The molecule has 182 valence electrons. The molecule has 0 aliphatic carbocycles. The van der Waals surface area contributed by atoms with Crippen LogP contribution >= 0.6 is 0 Å². The van der Waals surface area contributed by atoms with Crippen LogP contribution in [0.25, 0.3) is 0 Å². The Bertz CT molecular complexity index is 468. The van der Waals surface area contributed by atoms with Gasteiger partial charge < -0.3 is 11.5 Å². The summed E-state index contributed by atoms with van der Waals surface area (Å²) in [7, 11) is -2.69. The summed E-state index contributed by atoms with van der Waals surface area (Å²) in [5, 5.41) is 0. The lowest BCUT2D eigenvalue weighted by Gasteiger charge is -1.99. The highest BCUT2D eigenvalue weighted by atomic mass is 32.3. The lowest BCUT2D eigenvalue weighted by molar-refractivity contribution is -0.118. The molecule has 0 heterocycles. The second kappa shape index (κ2) is 28.0. The van der Waals surface area contributed by atoms with Crippen LogP contribution in [0, 0.1) is 0 Å². The van der Waals surface area contributed by atoms with Crippen LogP contribution in [0.1, 0.15) is 110 Å². The molecule has 0 bridgehead atoms. The molecule has 0 atom stereocenters. The van der Waals surface area contributed by atoms with Crippen LogP contribution in [-0.4, -0.2) is 32.5 Å². The molecule has 0 fully saturated rings. The highest BCUT2D eigenvalue weighted by Crippen LogP contribution is 2.09. The molecule has 0 aliphatic heterocycles. The van der Waals surface area contributed by atoms with E-state index in [0.717, 1.165) is 12.8 Å². The van der Waals surface area contributed by atoms with E-state index in [0.29, 0.717) is 12.8 Å². The van der Waals surface area contributed by atoms with Crippen molar-refractivity contribution in [2.45, 2.75) is 110 Å². The predicted octanol–water partition coefficient (Wildman–Crippen LogP) is 5.30. The first-order valence-corrected chi connectivity index (χ1v) is 12.8. The van der Waals surface area contributed by atoms with Crippen LogP contribution in [-0.2, 0) is 19.4 Å². The van der Waals surface area contributed by atoms with Crippen molar-refractivity contribution in [3.05, 3.63) is 12.2 Å². The third-order valence-electron chi connectivity index (χ3n) is 4.12. The zero-order valence-corrected chi connectivity index (χ0v) is 20.4. The number of hydrogen-bond acceptors (Lipinski definition) is 5. The molecule has 0 unspecified atom stereocenters. The number of nitrogens with two attached hydrogens (primary N) is 2. The highest BCUT2D eigenvalue weighted by Gasteiger charge is 2.00. The average molecular weight is 453 g/mol. The van der Waals surface area contributed by atoms with E-state index in [1.807, 2.05) is 0 Å². The average Bonchev–Trinajstić information content (AvgIpc) is 2.70. The Kier molecular flexibility index (Phi) is 31.5. The number of amides is 1. The van der Waals surface area contributed by atoms with E-state index in [9.17, 15) is 13.2 Å². The largest absolute Gasteiger partial charge is 0.397 e. The Hall–Kier alpha value is -0.960. The Balaban J connectivity index is -0.000000609. The van der Waals surface area contributed by atoms with Crippen molar-refractivity contribution in [3.63, 3.8) is 0 Å². The van der Waals surface area contributed by atoms with Gasteiger partial charge in [0.1, 0.15) is 0 Å². The van der Waals surface area contributed by atoms with Gasteiger partial charge in [0, 0.05) is 6.42 Å². The molecule has 1 amide bonds.